The Morgan fingerprint density at radius 3 is 2.39 bits per heavy atom. The minimum atomic E-state index is -0.162. The van der Waals surface area contributed by atoms with E-state index in [-0.39, 0.29) is 10.9 Å². The molecular formula is C29H30N4O3. The van der Waals surface area contributed by atoms with Crippen molar-refractivity contribution in [3.8, 4) is 0 Å². The van der Waals surface area contributed by atoms with Gasteiger partial charge in [-0.25, -0.2) is 0 Å². The normalized spacial score (nSPS) is 15.4. The Morgan fingerprint density at radius 2 is 1.64 bits per heavy atom. The molecular weight excluding hydrogens is 452 g/mol. The Hall–Kier alpha value is -3.68. The molecule has 0 bridgehead atoms. The molecule has 1 aliphatic rings. The molecule has 184 valence electrons. The van der Waals surface area contributed by atoms with Crippen molar-refractivity contribution in [2.75, 3.05) is 51.6 Å². The van der Waals surface area contributed by atoms with E-state index in [9.17, 15) is 9.59 Å². The van der Waals surface area contributed by atoms with Gasteiger partial charge in [0.15, 0.2) is 22.0 Å². The Morgan fingerprint density at radius 1 is 0.917 bits per heavy atom. The molecule has 1 aromatic heterocycles. The fourth-order valence-electron chi connectivity index (χ4n) is 5.29. The predicted octanol–water partition coefficient (Wildman–Crippen LogP) is 4.30. The van der Waals surface area contributed by atoms with E-state index < -0.39 is 0 Å². The summed E-state index contributed by atoms with van der Waals surface area (Å²) in [5.74, 6) is 0. The first-order valence-corrected chi connectivity index (χ1v) is 12.6. The number of aromatic amines is 1. The largest absolute Gasteiger partial charge is 0.453 e. The lowest BCUT2D eigenvalue weighted by atomic mass is 9.99. The number of nitrogens with one attached hydrogen (secondary N) is 2. The molecule has 1 fully saturated rings. The number of fused-ring (bicyclic) bond motifs is 5. The highest BCUT2D eigenvalue weighted by atomic mass is 16.3. The highest BCUT2D eigenvalue weighted by Crippen LogP contribution is 2.31. The smallest absolute Gasteiger partial charge is 0.196 e. The number of nitrogens with zero attached hydrogens (tertiary/aromatic N) is 2. The van der Waals surface area contributed by atoms with Crippen molar-refractivity contribution in [2.24, 2.45) is 0 Å². The van der Waals surface area contributed by atoms with Crippen LogP contribution in [0.15, 0.2) is 62.5 Å². The van der Waals surface area contributed by atoms with Crippen LogP contribution in [0.5, 0.6) is 0 Å². The molecule has 0 atom stereocenters. The number of aryl methyl sites for hydroxylation is 1. The summed E-state index contributed by atoms with van der Waals surface area (Å²) in [6.07, 6.45) is 0.940. The molecule has 0 aliphatic carbocycles. The summed E-state index contributed by atoms with van der Waals surface area (Å²) in [4.78, 5) is 35.6. The van der Waals surface area contributed by atoms with Crippen LogP contribution in [0.2, 0.25) is 0 Å². The molecule has 2 heterocycles. The molecule has 5 aromatic rings. The third kappa shape index (κ3) is 3.94. The average Bonchev–Trinajstić information content (AvgIpc) is 2.89. The standard InChI is InChI=1S/C29H30N4O3/c1-18-8-9-23-21(16-18)31-27-24(36-23)17-22(30-10-5-11-33-14-12-32(2)13-15-33)25-26(27)29(35)20-7-4-3-6-19(20)28(25)34/h3-4,6-9,16-17,30-31H,5,10-15H2,1-2H3. The fourth-order valence-corrected chi connectivity index (χ4v) is 5.29. The number of benzene rings is 4. The van der Waals surface area contributed by atoms with Crippen molar-refractivity contribution >= 4 is 49.4 Å². The van der Waals surface area contributed by atoms with E-state index in [2.05, 4.69) is 27.1 Å². The lowest BCUT2D eigenvalue weighted by molar-refractivity contribution is 0.154. The van der Waals surface area contributed by atoms with Crippen molar-refractivity contribution in [3.05, 3.63) is 74.5 Å². The quantitative estimate of drug-likeness (QED) is 0.221. The van der Waals surface area contributed by atoms with Crippen LogP contribution in [-0.2, 0) is 0 Å². The zero-order chi connectivity index (χ0) is 24.8. The summed E-state index contributed by atoms with van der Waals surface area (Å²) in [5, 5.41) is 5.15. The van der Waals surface area contributed by atoms with E-state index in [1.807, 2.05) is 31.2 Å². The summed E-state index contributed by atoms with van der Waals surface area (Å²) in [7, 11) is 2.16. The van der Waals surface area contributed by atoms with Gasteiger partial charge in [0.1, 0.15) is 0 Å². The van der Waals surface area contributed by atoms with Crippen LogP contribution in [0.25, 0.3) is 43.7 Å². The van der Waals surface area contributed by atoms with Crippen LogP contribution in [0.4, 0.5) is 5.69 Å². The van der Waals surface area contributed by atoms with E-state index >= 15 is 0 Å². The highest BCUT2D eigenvalue weighted by molar-refractivity contribution is 6.14. The number of piperazine rings is 1. The zero-order valence-corrected chi connectivity index (χ0v) is 20.7. The second kappa shape index (κ2) is 9.08. The van der Waals surface area contributed by atoms with Crippen molar-refractivity contribution in [2.45, 2.75) is 13.3 Å². The molecule has 0 spiro atoms. The lowest BCUT2D eigenvalue weighted by Crippen LogP contribution is -2.44. The monoisotopic (exact) mass is 482 g/mol. The van der Waals surface area contributed by atoms with Crippen molar-refractivity contribution in [1.29, 1.82) is 0 Å². The van der Waals surface area contributed by atoms with Gasteiger partial charge >= 0.3 is 0 Å². The van der Waals surface area contributed by atoms with E-state index in [4.69, 9.17) is 4.42 Å². The van der Waals surface area contributed by atoms with Crippen LogP contribution in [-0.4, -0.2) is 61.1 Å². The number of likely N-dealkylation sites (N-methyl/N-ethyl adjacent to an activating group) is 1. The maximum atomic E-state index is 13.7. The fraction of sp³-hybridized carbons (Fsp3) is 0.310. The van der Waals surface area contributed by atoms with E-state index in [1.165, 1.54) is 0 Å². The van der Waals surface area contributed by atoms with Crippen LogP contribution in [0, 0.1) is 6.92 Å². The van der Waals surface area contributed by atoms with Gasteiger partial charge in [-0.1, -0.05) is 30.3 Å². The summed E-state index contributed by atoms with van der Waals surface area (Å²) in [6.45, 7) is 8.03. The topological polar surface area (TPSA) is 81.6 Å². The minimum Gasteiger partial charge on any atom is -0.453 e. The molecule has 0 saturated carbocycles. The molecule has 7 heteroatoms. The molecule has 0 amide bonds. The van der Waals surface area contributed by atoms with Gasteiger partial charge < -0.3 is 24.5 Å². The third-order valence-corrected chi connectivity index (χ3v) is 7.34. The Balaban J connectivity index is 1.47. The third-order valence-electron chi connectivity index (χ3n) is 7.34. The Labute approximate surface area is 208 Å². The summed E-state index contributed by atoms with van der Waals surface area (Å²) >= 11 is 0. The highest BCUT2D eigenvalue weighted by Gasteiger charge is 2.19. The van der Waals surface area contributed by atoms with Gasteiger partial charge in [0.25, 0.3) is 0 Å². The molecule has 1 aliphatic heterocycles. The Bertz CT molecular complexity index is 1730. The summed E-state index contributed by atoms with van der Waals surface area (Å²) in [5.41, 5.74) is 4.01. The second-order valence-electron chi connectivity index (χ2n) is 9.90. The van der Waals surface area contributed by atoms with E-state index in [1.54, 1.807) is 24.3 Å². The van der Waals surface area contributed by atoms with Crippen molar-refractivity contribution in [3.63, 3.8) is 0 Å². The van der Waals surface area contributed by atoms with Crippen molar-refractivity contribution in [1.82, 2.24) is 14.8 Å². The van der Waals surface area contributed by atoms with Gasteiger partial charge in [-0.2, -0.15) is 0 Å². The molecule has 2 N–H and O–H groups in total. The van der Waals surface area contributed by atoms with E-state index in [0.717, 1.165) is 50.2 Å². The molecule has 0 radical (unpaired) electrons. The van der Waals surface area contributed by atoms with Crippen LogP contribution in [0.1, 0.15) is 12.0 Å². The van der Waals surface area contributed by atoms with Gasteiger partial charge in [0, 0.05) is 55.2 Å². The maximum absolute atomic E-state index is 13.7. The first kappa shape index (κ1) is 22.8. The Kier molecular flexibility index (Phi) is 5.74. The van der Waals surface area contributed by atoms with Gasteiger partial charge in [-0.3, -0.25) is 9.59 Å². The molecule has 7 nitrogen and oxygen atoms in total. The van der Waals surface area contributed by atoms with Crippen molar-refractivity contribution < 1.29 is 4.42 Å². The van der Waals surface area contributed by atoms with Gasteiger partial charge in [0.05, 0.1) is 21.8 Å². The minimum absolute atomic E-state index is 0.138. The summed E-state index contributed by atoms with van der Waals surface area (Å²) < 4.78 is 6.24. The van der Waals surface area contributed by atoms with Gasteiger partial charge in [-0.05, 0) is 44.6 Å². The number of hydrogen-bond acceptors (Lipinski definition) is 6. The number of hydrogen-bond donors (Lipinski definition) is 2. The molecule has 36 heavy (non-hydrogen) atoms. The van der Waals surface area contributed by atoms with Crippen LogP contribution in [0.3, 0.4) is 0 Å². The van der Waals surface area contributed by atoms with Gasteiger partial charge in [-0.15, -0.1) is 0 Å². The molecule has 1 saturated heterocycles. The molecule has 6 rings (SSSR count). The van der Waals surface area contributed by atoms with Crippen LogP contribution < -0.4 is 16.2 Å². The predicted molar refractivity (Wildman–Crippen MR) is 147 cm³/mol. The van der Waals surface area contributed by atoms with Gasteiger partial charge in [0.2, 0.25) is 0 Å². The number of H-pyrrole nitrogens is 1. The lowest BCUT2D eigenvalue weighted by Gasteiger charge is -2.32. The second-order valence-corrected chi connectivity index (χ2v) is 9.90. The van der Waals surface area contributed by atoms with E-state index in [0.29, 0.717) is 50.5 Å². The first-order valence-electron chi connectivity index (χ1n) is 12.6. The zero-order valence-electron chi connectivity index (χ0n) is 20.7. The van der Waals surface area contributed by atoms with Crippen LogP contribution >= 0.6 is 0 Å². The number of aromatic nitrogens is 1. The first-order chi connectivity index (χ1) is 17.5. The summed E-state index contributed by atoms with van der Waals surface area (Å²) in [6, 6.07) is 14.8. The molecule has 0 unspecified atom stereocenters. The number of anilines is 1. The SMILES string of the molecule is Cc1ccc2oc3cc(NCCCN4CCN(C)CC4)c4c(=O)c5ccccc5c(=O)c4c3[nH]c2c1. The molecule has 4 aromatic carbocycles. The number of rotatable bonds is 5. The average molecular weight is 483 g/mol. The maximum Gasteiger partial charge on any atom is 0.196 e.